The van der Waals surface area contributed by atoms with Crippen LogP contribution < -0.4 is 0 Å². The highest BCUT2D eigenvalue weighted by atomic mass is 16.5. The van der Waals surface area contributed by atoms with Gasteiger partial charge in [0.25, 0.3) is 0 Å². The average molecular weight is 208 g/mol. The molecule has 1 fully saturated rings. The number of hydrogen-bond acceptors (Lipinski definition) is 3. The molecule has 3 heteroatoms. The molecule has 0 aliphatic heterocycles. The fourth-order valence-electron chi connectivity index (χ4n) is 3.02. The monoisotopic (exact) mass is 208 g/mol. The molecule has 82 valence electrons. The highest BCUT2D eigenvalue weighted by molar-refractivity contribution is 5.79. The van der Waals surface area contributed by atoms with E-state index in [0.29, 0.717) is 18.3 Å². The largest absolute Gasteiger partial charge is 0.469 e. The molecule has 2 rings (SSSR count). The van der Waals surface area contributed by atoms with Gasteiger partial charge in [0.05, 0.1) is 13.0 Å². The third-order valence-electron chi connectivity index (χ3n) is 3.62. The summed E-state index contributed by atoms with van der Waals surface area (Å²) >= 11 is 0. The van der Waals surface area contributed by atoms with Crippen LogP contribution in [0, 0.1) is 23.7 Å². The molecule has 0 radical (unpaired) electrons. The van der Waals surface area contributed by atoms with Gasteiger partial charge in [0, 0.05) is 6.42 Å². The molecule has 1 saturated carbocycles. The van der Waals surface area contributed by atoms with E-state index in [1.165, 1.54) is 7.11 Å². The van der Waals surface area contributed by atoms with Gasteiger partial charge in [-0.05, 0) is 31.1 Å². The zero-order valence-electron chi connectivity index (χ0n) is 9.10. The van der Waals surface area contributed by atoms with Gasteiger partial charge in [0.1, 0.15) is 5.78 Å². The summed E-state index contributed by atoms with van der Waals surface area (Å²) in [5.74, 6) is 0.793. The molecular weight excluding hydrogens is 192 g/mol. The van der Waals surface area contributed by atoms with Gasteiger partial charge >= 0.3 is 5.97 Å². The Hall–Kier alpha value is -1.12. The number of rotatable bonds is 3. The molecule has 0 aromatic carbocycles. The summed E-state index contributed by atoms with van der Waals surface area (Å²) in [6.07, 6.45) is 5.77. The first-order chi connectivity index (χ1) is 7.13. The smallest absolute Gasteiger partial charge is 0.309 e. The molecule has 0 aromatic heterocycles. The zero-order valence-corrected chi connectivity index (χ0v) is 9.10. The molecule has 0 heterocycles. The molecular formula is C12H16O3. The normalized spacial score (nSPS) is 36.9. The summed E-state index contributed by atoms with van der Waals surface area (Å²) in [5, 5.41) is 0. The number of fused-ring (bicyclic) bond motifs is 2. The Kier molecular flexibility index (Phi) is 2.63. The SMILES string of the molecule is COC(=O)C1C2C=CC(C2)C1CC(C)=O. The summed E-state index contributed by atoms with van der Waals surface area (Å²) in [6, 6.07) is 0. The van der Waals surface area contributed by atoms with Gasteiger partial charge in [-0.3, -0.25) is 4.79 Å². The molecule has 4 unspecified atom stereocenters. The number of methoxy groups -OCH3 is 1. The molecule has 0 amide bonds. The lowest BCUT2D eigenvalue weighted by Crippen LogP contribution is -2.29. The van der Waals surface area contributed by atoms with Crippen LogP contribution in [0.5, 0.6) is 0 Å². The van der Waals surface area contributed by atoms with Crippen LogP contribution in [0.3, 0.4) is 0 Å². The van der Waals surface area contributed by atoms with E-state index < -0.39 is 0 Å². The van der Waals surface area contributed by atoms with Gasteiger partial charge in [-0.25, -0.2) is 0 Å². The molecule has 0 saturated heterocycles. The Morgan fingerprint density at radius 2 is 2.00 bits per heavy atom. The fourth-order valence-corrected chi connectivity index (χ4v) is 3.02. The first-order valence-electron chi connectivity index (χ1n) is 5.39. The van der Waals surface area contributed by atoms with E-state index in [2.05, 4.69) is 12.2 Å². The van der Waals surface area contributed by atoms with E-state index in [9.17, 15) is 9.59 Å². The average Bonchev–Trinajstić information content (AvgIpc) is 2.76. The number of ether oxygens (including phenoxy) is 1. The number of hydrogen-bond donors (Lipinski definition) is 0. The van der Waals surface area contributed by atoms with E-state index in [0.717, 1.165) is 6.42 Å². The maximum atomic E-state index is 11.6. The number of ketones is 1. The first kappa shape index (κ1) is 10.4. The van der Waals surface area contributed by atoms with Crippen molar-refractivity contribution >= 4 is 11.8 Å². The fraction of sp³-hybridized carbons (Fsp3) is 0.667. The van der Waals surface area contributed by atoms with Gasteiger partial charge in [-0.1, -0.05) is 12.2 Å². The summed E-state index contributed by atoms with van der Waals surface area (Å²) in [5.41, 5.74) is 0. The Balaban J connectivity index is 2.16. The number of esters is 1. The minimum Gasteiger partial charge on any atom is -0.469 e. The Morgan fingerprint density at radius 3 is 2.60 bits per heavy atom. The maximum absolute atomic E-state index is 11.6. The van der Waals surface area contributed by atoms with Crippen molar-refractivity contribution in [2.24, 2.45) is 23.7 Å². The van der Waals surface area contributed by atoms with Crippen LogP contribution in [0.25, 0.3) is 0 Å². The second-order valence-electron chi connectivity index (χ2n) is 4.57. The Bertz CT molecular complexity index is 319. The topological polar surface area (TPSA) is 43.4 Å². The molecule has 4 atom stereocenters. The quantitative estimate of drug-likeness (QED) is 0.522. The van der Waals surface area contributed by atoms with Crippen LogP contribution >= 0.6 is 0 Å². The summed E-state index contributed by atoms with van der Waals surface area (Å²) < 4.78 is 4.81. The van der Waals surface area contributed by atoms with Gasteiger partial charge in [-0.15, -0.1) is 0 Å². The second kappa shape index (κ2) is 3.80. The van der Waals surface area contributed by atoms with Crippen LogP contribution in [-0.2, 0) is 14.3 Å². The minimum absolute atomic E-state index is 0.0890. The van der Waals surface area contributed by atoms with Crippen molar-refractivity contribution in [2.45, 2.75) is 19.8 Å². The van der Waals surface area contributed by atoms with E-state index >= 15 is 0 Å². The number of allylic oxidation sites excluding steroid dienone is 2. The molecule has 0 spiro atoms. The standard InChI is InChI=1S/C12H16O3/c1-7(13)5-10-8-3-4-9(6-8)11(10)12(14)15-2/h3-4,8-11H,5-6H2,1-2H3. The summed E-state index contributed by atoms with van der Waals surface area (Å²) in [7, 11) is 1.42. The number of carbonyl (C=O) groups excluding carboxylic acids is 2. The predicted octanol–water partition coefficient (Wildman–Crippen LogP) is 1.58. The van der Waals surface area contributed by atoms with E-state index in [4.69, 9.17) is 4.74 Å². The molecule has 3 nitrogen and oxygen atoms in total. The van der Waals surface area contributed by atoms with E-state index in [-0.39, 0.29) is 23.6 Å². The van der Waals surface area contributed by atoms with Crippen LogP contribution in [-0.4, -0.2) is 18.9 Å². The van der Waals surface area contributed by atoms with Crippen molar-refractivity contribution in [1.29, 1.82) is 0 Å². The van der Waals surface area contributed by atoms with Gasteiger partial charge in [0.2, 0.25) is 0 Å². The van der Waals surface area contributed by atoms with E-state index in [1.54, 1.807) is 6.92 Å². The molecule has 2 bridgehead atoms. The minimum atomic E-state index is -0.155. The van der Waals surface area contributed by atoms with Crippen molar-refractivity contribution in [3.63, 3.8) is 0 Å². The number of carbonyl (C=O) groups is 2. The highest BCUT2D eigenvalue weighted by Gasteiger charge is 2.48. The van der Waals surface area contributed by atoms with Crippen LogP contribution in [0.15, 0.2) is 12.2 Å². The third-order valence-corrected chi connectivity index (χ3v) is 3.62. The number of Topliss-reactive ketones (excluding diaryl/α,β-unsaturated/α-hetero) is 1. The lowest BCUT2D eigenvalue weighted by molar-refractivity contribution is -0.148. The van der Waals surface area contributed by atoms with Crippen molar-refractivity contribution in [2.75, 3.05) is 7.11 Å². The Morgan fingerprint density at radius 1 is 1.33 bits per heavy atom. The lowest BCUT2D eigenvalue weighted by atomic mass is 9.80. The molecule has 0 N–H and O–H groups in total. The molecule has 2 aliphatic carbocycles. The van der Waals surface area contributed by atoms with Crippen LogP contribution in [0.2, 0.25) is 0 Å². The zero-order chi connectivity index (χ0) is 11.0. The van der Waals surface area contributed by atoms with Crippen molar-refractivity contribution in [3.05, 3.63) is 12.2 Å². The van der Waals surface area contributed by atoms with Crippen molar-refractivity contribution in [1.82, 2.24) is 0 Å². The summed E-state index contributed by atoms with van der Waals surface area (Å²) in [4.78, 5) is 22.8. The van der Waals surface area contributed by atoms with Crippen molar-refractivity contribution in [3.8, 4) is 0 Å². The molecule has 2 aliphatic rings. The second-order valence-corrected chi connectivity index (χ2v) is 4.57. The van der Waals surface area contributed by atoms with Gasteiger partial charge in [-0.2, -0.15) is 0 Å². The van der Waals surface area contributed by atoms with Gasteiger partial charge < -0.3 is 9.53 Å². The molecule has 0 aromatic rings. The first-order valence-corrected chi connectivity index (χ1v) is 5.39. The maximum Gasteiger partial charge on any atom is 0.309 e. The van der Waals surface area contributed by atoms with E-state index in [1.807, 2.05) is 0 Å². The predicted molar refractivity (Wildman–Crippen MR) is 55.0 cm³/mol. The Labute approximate surface area is 89.5 Å². The summed E-state index contributed by atoms with van der Waals surface area (Å²) in [6.45, 7) is 1.59. The van der Waals surface area contributed by atoms with Gasteiger partial charge in [0.15, 0.2) is 0 Å². The molecule has 15 heavy (non-hydrogen) atoms. The lowest BCUT2D eigenvalue weighted by Gasteiger charge is -2.24. The highest BCUT2D eigenvalue weighted by Crippen LogP contribution is 2.49. The van der Waals surface area contributed by atoms with Crippen LogP contribution in [0.1, 0.15) is 19.8 Å². The third kappa shape index (κ3) is 1.71. The van der Waals surface area contributed by atoms with Crippen molar-refractivity contribution < 1.29 is 14.3 Å². The van der Waals surface area contributed by atoms with Crippen LogP contribution in [0.4, 0.5) is 0 Å².